The van der Waals surface area contributed by atoms with Gasteiger partial charge in [0.25, 0.3) is 0 Å². The van der Waals surface area contributed by atoms with Gasteiger partial charge in [-0.2, -0.15) is 0 Å². The van der Waals surface area contributed by atoms with E-state index in [0.717, 1.165) is 45.4 Å². The van der Waals surface area contributed by atoms with E-state index in [1.54, 1.807) is 0 Å². The Kier molecular flexibility index (Phi) is 4.36. The number of carbonyl (C=O) groups is 1. The van der Waals surface area contributed by atoms with Gasteiger partial charge in [0.1, 0.15) is 0 Å². The topological polar surface area (TPSA) is 62.4 Å². The fraction of sp³-hybridized carbons (Fsp3) is 0.929. The van der Waals surface area contributed by atoms with Gasteiger partial charge in [-0.3, -0.25) is 0 Å². The summed E-state index contributed by atoms with van der Waals surface area (Å²) < 4.78 is 5.95. The maximum atomic E-state index is 11.8. The molecule has 3 N–H and O–H groups in total. The van der Waals surface area contributed by atoms with Gasteiger partial charge >= 0.3 is 6.03 Å². The second-order valence-corrected chi connectivity index (χ2v) is 6.83. The summed E-state index contributed by atoms with van der Waals surface area (Å²) in [7, 11) is 0. The lowest BCUT2D eigenvalue weighted by Gasteiger charge is -2.43. The summed E-state index contributed by atoms with van der Waals surface area (Å²) in [4.78, 5) is 11.8. The zero-order valence-electron chi connectivity index (χ0n) is 12.3. The first-order valence-electron chi connectivity index (χ1n) is 7.32. The van der Waals surface area contributed by atoms with Gasteiger partial charge in [-0.1, -0.05) is 0 Å². The second kappa shape index (κ2) is 5.67. The molecule has 0 aromatic heterocycles. The van der Waals surface area contributed by atoms with Crippen LogP contribution >= 0.6 is 0 Å². The largest absolute Gasteiger partial charge is 0.372 e. The molecule has 1 heterocycles. The summed E-state index contributed by atoms with van der Waals surface area (Å²) in [6.45, 7) is 8.69. The van der Waals surface area contributed by atoms with Crippen molar-refractivity contribution in [3.8, 4) is 0 Å². The first kappa shape index (κ1) is 14.6. The highest BCUT2D eigenvalue weighted by molar-refractivity contribution is 5.74. The zero-order valence-corrected chi connectivity index (χ0v) is 12.3. The Balaban J connectivity index is 1.75. The van der Waals surface area contributed by atoms with Crippen molar-refractivity contribution < 1.29 is 9.53 Å². The molecule has 0 bridgehead atoms. The number of morpholine rings is 1. The number of rotatable bonds is 1. The molecule has 2 rings (SSSR count). The molecule has 5 heteroatoms. The second-order valence-electron chi connectivity index (χ2n) is 6.83. The van der Waals surface area contributed by atoms with Gasteiger partial charge in [0.15, 0.2) is 0 Å². The quantitative estimate of drug-likeness (QED) is 0.674. The van der Waals surface area contributed by atoms with Crippen molar-refractivity contribution in [2.24, 2.45) is 0 Å². The minimum Gasteiger partial charge on any atom is -0.372 e. The van der Waals surface area contributed by atoms with Crippen molar-refractivity contribution in [2.75, 3.05) is 19.7 Å². The molecule has 0 aromatic rings. The number of amides is 2. The van der Waals surface area contributed by atoms with E-state index in [1.807, 2.05) is 20.8 Å². The molecule has 19 heavy (non-hydrogen) atoms. The fourth-order valence-electron chi connectivity index (χ4n) is 2.88. The van der Waals surface area contributed by atoms with E-state index in [1.165, 1.54) is 0 Å². The van der Waals surface area contributed by atoms with Crippen molar-refractivity contribution in [3.05, 3.63) is 0 Å². The summed E-state index contributed by atoms with van der Waals surface area (Å²) in [5.74, 6) is 0. The summed E-state index contributed by atoms with van der Waals surface area (Å²) >= 11 is 0. The normalized spacial score (nSPS) is 32.1. The zero-order chi connectivity index (χ0) is 13.9. The lowest BCUT2D eigenvalue weighted by Crippen LogP contribution is -2.55. The van der Waals surface area contributed by atoms with Crippen LogP contribution in [0.1, 0.15) is 46.5 Å². The Labute approximate surface area is 115 Å². The highest BCUT2D eigenvalue weighted by atomic mass is 16.5. The van der Waals surface area contributed by atoms with Crippen molar-refractivity contribution >= 4 is 6.03 Å². The molecule has 1 saturated carbocycles. The molecule has 0 unspecified atom stereocenters. The third kappa shape index (κ3) is 4.35. The first-order chi connectivity index (χ1) is 8.89. The van der Waals surface area contributed by atoms with Gasteiger partial charge in [0, 0.05) is 24.7 Å². The smallest absolute Gasteiger partial charge is 0.315 e. The number of nitrogens with one attached hydrogen (secondary N) is 3. The molecule has 1 saturated heterocycles. The van der Waals surface area contributed by atoms with Gasteiger partial charge < -0.3 is 20.7 Å². The summed E-state index contributed by atoms with van der Waals surface area (Å²) in [5, 5.41) is 9.42. The van der Waals surface area contributed by atoms with Crippen LogP contribution in [-0.4, -0.2) is 42.9 Å². The van der Waals surface area contributed by atoms with Crippen LogP contribution in [0.3, 0.4) is 0 Å². The van der Waals surface area contributed by atoms with Crippen LogP contribution in [0.15, 0.2) is 0 Å². The maximum Gasteiger partial charge on any atom is 0.315 e. The number of ether oxygens (including phenoxy) is 1. The molecule has 1 aliphatic carbocycles. The van der Waals surface area contributed by atoms with E-state index in [2.05, 4.69) is 16.0 Å². The van der Waals surface area contributed by atoms with Crippen LogP contribution in [0.5, 0.6) is 0 Å². The SMILES string of the molecule is CC(C)(C)NC(=O)NC1CCC2(CC1)CNCCO2. The molecule has 1 spiro atoms. The molecule has 2 fully saturated rings. The number of carbonyl (C=O) groups excluding carboxylic acids is 1. The molecule has 1 aliphatic heterocycles. The fourth-order valence-corrected chi connectivity index (χ4v) is 2.88. The summed E-state index contributed by atoms with van der Waals surface area (Å²) in [6, 6.07) is 0.217. The maximum absolute atomic E-state index is 11.8. The van der Waals surface area contributed by atoms with Crippen LogP contribution in [0.4, 0.5) is 4.79 Å². The molecule has 0 atom stereocenters. The Morgan fingerprint density at radius 1 is 1.32 bits per heavy atom. The van der Waals surface area contributed by atoms with Crippen molar-refractivity contribution in [1.29, 1.82) is 0 Å². The highest BCUT2D eigenvalue weighted by Gasteiger charge is 2.37. The average Bonchev–Trinajstić information content (AvgIpc) is 2.31. The van der Waals surface area contributed by atoms with Gasteiger partial charge in [-0.15, -0.1) is 0 Å². The van der Waals surface area contributed by atoms with E-state index in [-0.39, 0.29) is 23.2 Å². The van der Waals surface area contributed by atoms with Crippen molar-refractivity contribution in [3.63, 3.8) is 0 Å². The third-order valence-corrected chi connectivity index (χ3v) is 3.85. The number of hydrogen-bond donors (Lipinski definition) is 3. The molecule has 110 valence electrons. The van der Waals surface area contributed by atoms with Gasteiger partial charge in [-0.25, -0.2) is 4.79 Å². The van der Waals surface area contributed by atoms with E-state index in [4.69, 9.17) is 4.74 Å². The van der Waals surface area contributed by atoms with E-state index >= 15 is 0 Å². The number of urea groups is 1. The minimum absolute atomic E-state index is 0.0247. The predicted octanol–water partition coefficient (Wildman–Crippen LogP) is 1.39. The van der Waals surface area contributed by atoms with Crippen LogP contribution in [0.2, 0.25) is 0 Å². The van der Waals surface area contributed by atoms with E-state index in [9.17, 15) is 4.79 Å². The molecule has 2 aliphatic rings. The average molecular weight is 269 g/mol. The molecule has 2 amide bonds. The van der Waals surface area contributed by atoms with Crippen molar-refractivity contribution in [2.45, 2.75) is 63.6 Å². The molecule has 0 radical (unpaired) electrons. The molecular formula is C14H27N3O2. The summed E-state index contributed by atoms with van der Waals surface area (Å²) in [6.07, 6.45) is 4.05. The Bertz CT molecular complexity index is 309. The highest BCUT2D eigenvalue weighted by Crippen LogP contribution is 2.32. The monoisotopic (exact) mass is 269 g/mol. The minimum atomic E-state index is -0.184. The van der Waals surface area contributed by atoms with E-state index < -0.39 is 0 Å². The Hall–Kier alpha value is -0.810. The molecule has 0 aromatic carbocycles. The van der Waals surface area contributed by atoms with Gasteiger partial charge in [0.2, 0.25) is 0 Å². The Morgan fingerprint density at radius 2 is 2.00 bits per heavy atom. The third-order valence-electron chi connectivity index (χ3n) is 3.85. The van der Waals surface area contributed by atoms with Crippen LogP contribution in [0, 0.1) is 0 Å². The number of hydrogen-bond acceptors (Lipinski definition) is 3. The van der Waals surface area contributed by atoms with Crippen molar-refractivity contribution in [1.82, 2.24) is 16.0 Å². The standard InChI is InChI=1S/C14H27N3O2/c1-13(2,3)17-12(18)16-11-4-6-14(7-5-11)10-15-8-9-19-14/h11,15H,4-10H2,1-3H3,(H2,16,17,18). The summed E-state index contributed by atoms with van der Waals surface area (Å²) in [5.41, 5.74) is -0.159. The van der Waals surface area contributed by atoms with Crippen LogP contribution in [0.25, 0.3) is 0 Å². The molecule has 5 nitrogen and oxygen atoms in total. The lowest BCUT2D eigenvalue weighted by molar-refractivity contribution is -0.0907. The van der Waals surface area contributed by atoms with Crippen LogP contribution < -0.4 is 16.0 Å². The van der Waals surface area contributed by atoms with Gasteiger partial charge in [-0.05, 0) is 46.5 Å². The Morgan fingerprint density at radius 3 is 2.53 bits per heavy atom. The lowest BCUT2D eigenvalue weighted by atomic mass is 9.81. The van der Waals surface area contributed by atoms with Gasteiger partial charge in [0.05, 0.1) is 12.2 Å². The van der Waals surface area contributed by atoms with E-state index in [0.29, 0.717) is 0 Å². The first-order valence-corrected chi connectivity index (χ1v) is 7.32. The molecular weight excluding hydrogens is 242 g/mol. The predicted molar refractivity (Wildman–Crippen MR) is 75.2 cm³/mol. The van der Waals surface area contributed by atoms with Crippen LogP contribution in [-0.2, 0) is 4.74 Å².